The normalized spacial score (nSPS) is 10.9. The smallest absolute Gasteiger partial charge is 0.155 e. The first-order chi connectivity index (χ1) is 6.84. The van der Waals surface area contributed by atoms with Crippen molar-refractivity contribution in [2.24, 2.45) is 0 Å². The van der Waals surface area contributed by atoms with Crippen LogP contribution in [0.2, 0.25) is 0 Å². The predicted molar refractivity (Wildman–Crippen MR) is 52.2 cm³/mol. The molecule has 2 aromatic rings. The molecule has 0 atom stereocenters. The molecular weight excluding hydrogens is 178 g/mol. The van der Waals surface area contributed by atoms with Crippen molar-refractivity contribution in [1.82, 2.24) is 15.0 Å². The van der Waals surface area contributed by atoms with Crippen molar-refractivity contribution >= 4 is 12.2 Å². The van der Waals surface area contributed by atoms with Crippen LogP contribution in [0.5, 0.6) is 0 Å². The van der Waals surface area contributed by atoms with Crippen LogP contribution in [0.15, 0.2) is 29.2 Å². The van der Waals surface area contributed by atoms with Gasteiger partial charge in [-0.15, -0.1) is 0 Å². The summed E-state index contributed by atoms with van der Waals surface area (Å²) in [5.74, 6) is 2.30. The average Bonchev–Trinajstić information content (AvgIpc) is 2.63. The van der Waals surface area contributed by atoms with Crippen LogP contribution < -0.4 is 0 Å². The average molecular weight is 187 g/mol. The second kappa shape index (κ2) is 3.83. The summed E-state index contributed by atoms with van der Waals surface area (Å²) in [5, 5.41) is 0. The molecule has 0 aliphatic rings. The second-order valence-electron chi connectivity index (χ2n) is 2.78. The lowest BCUT2D eigenvalue weighted by atomic mass is 10.4. The van der Waals surface area contributed by atoms with Crippen molar-refractivity contribution in [2.45, 2.75) is 6.92 Å². The van der Waals surface area contributed by atoms with Crippen LogP contribution in [-0.2, 0) is 0 Å². The molecule has 0 unspecified atom stereocenters. The Morgan fingerprint density at radius 1 is 1.14 bits per heavy atom. The fourth-order valence-corrected chi connectivity index (χ4v) is 1.03. The van der Waals surface area contributed by atoms with Crippen LogP contribution in [0.4, 0.5) is 0 Å². The Morgan fingerprint density at radius 2 is 1.93 bits per heavy atom. The Bertz CT molecular complexity index is 434. The maximum absolute atomic E-state index is 5.35. The SMILES string of the molecule is Cc1ccc(C=Cc2ncncn2)o1. The van der Waals surface area contributed by atoms with Crippen LogP contribution in [0.25, 0.3) is 12.2 Å². The van der Waals surface area contributed by atoms with Gasteiger partial charge in [0.2, 0.25) is 0 Å². The van der Waals surface area contributed by atoms with E-state index in [1.807, 2.05) is 25.1 Å². The highest BCUT2D eigenvalue weighted by molar-refractivity contribution is 5.63. The first-order valence-corrected chi connectivity index (χ1v) is 4.21. The third-order valence-corrected chi connectivity index (χ3v) is 1.67. The molecule has 0 aliphatic heterocycles. The van der Waals surface area contributed by atoms with Gasteiger partial charge in [0.15, 0.2) is 5.82 Å². The third kappa shape index (κ3) is 2.04. The number of rotatable bonds is 2. The predicted octanol–water partition coefficient (Wildman–Crippen LogP) is 1.94. The summed E-state index contributed by atoms with van der Waals surface area (Å²) in [6.45, 7) is 1.90. The standard InChI is InChI=1S/C10H9N3O/c1-8-2-3-9(14-8)4-5-10-12-6-11-7-13-10/h2-7H,1H3. The summed E-state index contributed by atoms with van der Waals surface area (Å²) in [5.41, 5.74) is 0. The third-order valence-electron chi connectivity index (χ3n) is 1.67. The zero-order valence-corrected chi connectivity index (χ0v) is 7.71. The fraction of sp³-hybridized carbons (Fsp3) is 0.100. The minimum atomic E-state index is 0.619. The molecule has 0 saturated carbocycles. The van der Waals surface area contributed by atoms with E-state index in [4.69, 9.17) is 4.42 Å². The van der Waals surface area contributed by atoms with Gasteiger partial charge in [-0.1, -0.05) is 0 Å². The molecule has 2 aromatic heterocycles. The van der Waals surface area contributed by atoms with Gasteiger partial charge in [-0.05, 0) is 31.2 Å². The largest absolute Gasteiger partial charge is 0.462 e. The lowest BCUT2D eigenvalue weighted by molar-refractivity contribution is 0.525. The van der Waals surface area contributed by atoms with Gasteiger partial charge in [0.1, 0.15) is 24.2 Å². The van der Waals surface area contributed by atoms with E-state index in [0.717, 1.165) is 11.5 Å². The molecule has 0 amide bonds. The molecule has 70 valence electrons. The number of aryl methyl sites for hydroxylation is 1. The Morgan fingerprint density at radius 3 is 2.57 bits per heavy atom. The number of furan rings is 1. The van der Waals surface area contributed by atoms with E-state index in [9.17, 15) is 0 Å². The van der Waals surface area contributed by atoms with E-state index in [0.29, 0.717) is 5.82 Å². The first kappa shape index (κ1) is 8.62. The molecule has 2 heterocycles. The quantitative estimate of drug-likeness (QED) is 0.721. The van der Waals surface area contributed by atoms with E-state index < -0.39 is 0 Å². The summed E-state index contributed by atoms with van der Waals surface area (Å²) >= 11 is 0. The van der Waals surface area contributed by atoms with Crippen molar-refractivity contribution in [3.8, 4) is 0 Å². The zero-order valence-electron chi connectivity index (χ0n) is 7.71. The molecule has 2 rings (SSSR count). The number of hydrogen-bond acceptors (Lipinski definition) is 4. The van der Waals surface area contributed by atoms with E-state index in [1.54, 1.807) is 6.08 Å². The molecule has 4 heteroatoms. The van der Waals surface area contributed by atoms with Crippen LogP contribution in [0, 0.1) is 6.92 Å². The van der Waals surface area contributed by atoms with Gasteiger partial charge in [0.25, 0.3) is 0 Å². The highest BCUT2D eigenvalue weighted by atomic mass is 16.3. The van der Waals surface area contributed by atoms with E-state index >= 15 is 0 Å². The number of aromatic nitrogens is 3. The minimum Gasteiger partial charge on any atom is -0.462 e. The summed E-state index contributed by atoms with van der Waals surface area (Å²) < 4.78 is 5.35. The highest BCUT2D eigenvalue weighted by Crippen LogP contribution is 2.09. The van der Waals surface area contributed by atoms with Crippen molar-refractivity contribution in [3.63, 3.8) is 0 Å². The van der Waals surface area contributed by atoms with Gasteiger partial charge in [0, 0.05) is 0 Å². The summed E-state index contributed by atoms with van der Waals surface area (Å²) in [4.78, 5) is 11.6. The van der Waals surface area contributed by atoms with Crippen molar-refractivity contribution in [2.75, 3.05) is 0 Å². The number of hydrogen-bond donors (Lipinski definition) is 0. The monoisotopic (exact) mass is 187 g/mol. The molecule has 0 N–H and O–H groups in total. The van der Waals surface area contributed by atoms with Crippen molar-refractivity contribution in [3.05, 3.63) is 42.1 Å². The Hall–Kier alpha value is -1.97. The molecule has 0 bridgehead atoms. The Kier molecular flexibility index (Phi) is 2.36. The summed E-state index contributed by atoms with van der Waals surface area (Å²) in [7, 11) is 0. The van der Waals surface area contributed by atoms with E-state index in [2.05, 4.69) is 15.0 Å². The zero-order chi connectivity index (χ0) is 9.80. The maximum atomic E-state index is 5.35. The van der Waals surface area contributed by atoms with Crippen molar-refractivity contribution in [1.29, 1.82) is 0 Å². The number of nitrogens with zero attached hydrogens (tertiary/aromatic N) is 3. The molecule has 0 spiro atoms. The van der Waals surface area contributed by atoms with Gasteiger partial charge < -0.3 is 4.42 Å². The molecule has 0 radical (unpaired) electrons. The van der Waals surface area contributed by atoms with Crippen LogP contribution in [0.3, 0.4) is 0 Å². The summed E-state index contributed by atoms with van der Waals surface area (Å²) in [6.07, 6.45) is 6.52. The summed E-state index contributed by atoms with van der Waals surface area (Å²) in [6, 6.07) is 3.81. The highest BCUT2D eigenvalue weighted by Gasteiger charge is 1.93. The lowest BCUT2D eigenvalue weighted by Gasteiger charge is -1.87. The first-order valence-electron chi connectivity index (χ1n) is 4.21. The van der Waals surface area contributed by atoms with Gasteiger partial charge in [-0.25, -0.2) is 15.0 Å². The topological polar surface area (TPSA) is 51.8 Å². The van der Waals surface area contributed by atoms with Gasteiger partial charge in [-0.3, -0.25) is 0 Å². The fourth-order valence-electron chi connectivity index (χ4n) is 1.03. The molecule has 0 fully saturated rings. The molecule has 0 aliphatic carbocycles. The van der Waals surface area contributed by atoms with Gasteiger partial charge >= 0.3 is 0 Å². The molecular formula is C10H9N3O. The molecule has 14 heavy (non-hydrogen) atoms. The van der Waals surface area contributed by atoms with Crippen LogP contribution in [0.1, 0.15) is 17.3 Å². The van der Waals surface area contributed by atoms with Gasteiger partial charge in [-0.2, -0.15) is 0 Å². The second-order valence-corrected chi connectivity index (χ2v) is 2.78. The van der Waals surface area contributed by atoms with Crippen LogP contribution in [-0.4, -0.2) is 15.0 Å². The van der Waals surface area contributed by atoms with Crippen LogP contribution >= 0.6 is 0 Å². The Balaban J connectivity index is 2.15. The van der Waals surface area contributed by atoms with Gasteiger partial charge in [0.05, 0.1) is 0 Å². The maximum Gasteiger partial charge on any atom is 0.155 e. The molecule has 0 aromatic carbocycles. The minimum absolute atomic E-state index is 0.619. The molecule has 4 nitrogen and oxygen atoms in total. The lowest BCUT2D eigenvalue weighted by Crippen LogP contribution is -1.85. The molecule has 0 saturated heterocycles. The Labute approximate surface area is 81.3 Å². The van der Waals surface area contributed by atoms with Crippen molar-refractivity contribution < 1.29 is 4.42 Å². The van der Waals surface area contributed by atoms with E-state index in [1.165, 1.54) is 12.7 Å². The van der Waals surface area contributed by atoms with E-state index in [-0.39, 0.29) is 0 Å².